The van der Waals surface area contributed by atoms with E-state index in [0.717, 1.165) is 30.3 Å². The minimum absolute atomic E-state index is 0.259. The summed E-state index contributed by atoms with van der Waals surface area (Å²) in [7, 11) is -3.40. The summed E-state index contributed by atoms with van der Waals surface area (Å²) < 4.78 is 26.2. The van der Waals surface area contributed by atoms with E-state index in [1.165, 1.54) is 0 Å². The molecule has 1 aliphatic rings. The first kappa shape index (κ1) is 16.5. The highest BCUT2D eigenvalue weighted by atomic mass is 32.2. The molecule has 1 fully saturated rings. The number of nitrogens with zero attached hydrogens (tertiary/aromatic N) is 1. The molecule has 0 spiro atoms. The Morgan fingerprint density at radius 2 is 1.90 bits per heavy atom. The van der Waals surface area contributed by atoms with Gasteiger partial charge in [0, 0.05) is 36.8 Å². The second-order valence-corrected chi connectivity index (χ2v) is 7.93. The monoisotopic (exact) mass is 345 g/mol. The lowest BCUT2D eigenvalue weighted by atomic mass is 10.3. The number of nitrogens with one attached hydrogen (secondary N) is 2. The van der Waals surface area contributed by atoms with Gasteiger partial charge in [-0.05, 0) is 36.5 Å². The predicted molar refractivity (Wildman–Crippen MR) is 92.4 cm³/mol. The Hall–Kier alpha value is -0.830. The third-order valence-corrected chi connectivity index (χ3v) is 5.91. The highest BCUT2D eigenvalue weighted by Crippen LogP contribution is 2.16. The average molecular weight is 346 g/mol. The van der Waals surface area contributed by atoms with Crippen molar-refractivity contribution in [1.82, 2.24) is 9.62 Å². The quantitative estimate of drug-likeness (QED) is 0.811. The van der Waals surface area contributed by atoms with Crippen molar-refractivity contribution in [2.24, 2.45) is 0 Å². The van der Waals surface area contributed by atoms with Gasteiger partial charge in [-0.25, -0.2) is 13.1 Å². The van der Waals surface area contributed by atoms with Crippen LogP contribution in [0.1, 0.15) is 6.92 Å². The summed E-state index contributed by atoms with van der Waals surface area (Å²) in [5.41, 5.74) is 0.800. The van der Waals surface area contributed by atoms with E-state index >= 15 is 0 Å². The summed E-state index contributed by atoms with van der Waals surface area (Å²) in [5.74, 6) is 2.17. The van der Waals surface area contributed by atoms with Crippen molar-refractivity contribution in [2.45, 2.75) is 11.8 Å². The van der Waals surface area contributed by atoms with E-state index in [1.807, 2.05) is 11.8 Å². The molecule has 1 aliphatic heterocycles. The Kier molecular flexibility index (Phi) is 5.86. The molecular weight excluding hydrogens is 326 g/mol. The smallest absolute Gasteiger partial charge is 0.240 e. The van der Waals surface area contributed by atoms with Gasteiger partial charge in [-0.3, -0.25) is 0 Å². The summed E-state index contributed by atoms with van der Waals surface area (Å²) in [5, 5.41) is 3.85. The molecule has 0 aromatic heterocycles. The van der Waals surface area contributed by atoms with Crippen LogP contribution in [0.2, 0.25) is 0 Å². The maximum absolute atomic E-state index is 11.8. The van der Waals surface area contributed by atoms with Gasteiger partial charge in [-0.1, -0.05) is 6.92 Å². The minimum atomic E-state index is -3.40. The molecule has 21 heavy (non-hydrogen) atoms. The number of rotatable bonds is 4. The molecule has 0 amide bonds. The molecule has 0 aliphatic carbocycles. The van der Waals surface area contributed by atoms with Crippen LogP contribution < -0.4 is 10.0 Å². The van der Waals surface area contributed by atoms with E-state index in [4.69, 9.17) is 12.2 Å². The number of thioether (sulfide) groups is 1. The van der Waals surface area contributed by atoms with E-state index in [0.29, 0.717) is 11.7 Å². The lowest BCUT2D eigenvalue weighted by molar-refractivity contribution is 0.470. The lowest BCUT2D eigenvalue weighted by Crippen LogP contribution is -2.40. The van der Waals surface area contributed by atoms with Gasteiger partial charge in [0.1, 0.15) is 0 Å². The number of hydrogen-bond donors (Lipinski definition) is 2. The van der Waals surface area contributed by atoms with Crippen LogP contribution in [0.3, 0.4) is 0 Å². The highest BCUT2D eigenvalue weighted by Gasteiger charge is 2.15. The van der Waals surface area contributed by atoms with Crippen molar-refractivity contribution < 1.29 is 8.42 Å². The van der Waals surface area contributed by atoms with E-state index < -0.39 is 10.0 Å². The van der Waals surface area contributed by atoms with Crippen molar-refractivity contribution in [3.05, 3.63) is 24.3 Å². The largest absolute Gasteiger partial charge is 0.347 e. The van der Waals surface area contributed by atoms with Gasteiger partial charge in [-0.2, -0.15) is 11.8 Å². The SMILES string of the molecule is CCNS(=O)(=O)c1ccc(NC(=S)N2CCSCC2)cc1. The van der Waals surface area contributed by atoms with Gasteiger partial charge < -0.3 is 10.2 Å². The molecular formula is C13H19N3O2S3. The fourth-order valence-corrected chi connectivity index (χ4v) is 4.20. The van der Waals surface area contributed by atoms with Crippen LogP contribution >= 0.6 is 24.0 Å². The van der Waals surface area contributed by atoms with Crippen LogP contribution in [0.15, 0.2) is 29.2 Å². The Morgan fingerprint density at radius 1 is 1.29 bits per heavy atom. The number of thiocarbonyl (C=S) groups is 1. The predicted octanol–water partition coefficient (Wildman–Crippen LogP) is 1.73. The molecule has 0 atom stereocenters. The summed E-state index contributed by atoms with van der Waals surface area (Å²) >= 11 is 7.31. The van der Waals surface area contributed by atoms with Crippen LogP contribution in [-0.2, 0) is 10.0 Å². The van der Waals surface area contributed by atoms with Gasteiger partial charge in [0.05, 0.1) is 4.90 Å². The first-order chi connectivity index (χ1) is 10.0. The van der Waals surface area contributed by atoms with Crippen molar-refractivity contribution in [2.75, 3.05) is 36.5 Å². The maximum atomic E-state index is 11.8. The van der Waals surface area contributed by atoms with Gasteiger partial charge >= 0.3 is 0 Å². The summed E-state index contributed by atoms with van der Waals surface area (Å²) in [4.78, 5) is 2.39. The Bertz CT molecular complexity index is 581. The highest BCUT2D eigenvalue weighted by molar-refractivity contribution is 7.99. The Labute approximate surface area is 135 Å². The first-order valence-corrected chi connectivity index (χ1v) is 9.81. The zero-order valence-corrected chi connectivity index (χ0v) is 14.3. The second-order valence-electron chi connectivity index (χ2n) is 4.56. The molecule has 1 heterocycles. The summed E-state index contributed by atoms with van der Waals surface area (Å²) in [6.07, 6.45) is 0. The molecule has 1 saturated heterocycles. The fourth-order valence-electron chi connectivity index (χ4n) is 1.96. The van der Waals surface area contributed by atoms with Gasteiger partial charge in [0.2, 0.25) is 10.0 Å². The minimum Gasteiger partial charge on any atom is -0.347 e. The van der Waals surface area contributed by atoms with Gasteiger partial charge in [0.15, 0.2) is 5.11 Å². The molecule has 116 valence electrons. The number of hydrogen-bond acceptors (Lipinski definition) is 4. The van der Waals surface area contributed by atoms with Crippen molar-refractivity contribution in [3.63, 3.8) is 0 Å². The van der Waals surface area contributed by atoms with E-state index in [-0.39, 0.29) is 4.90 Å². The zero-order chi connectivity index (χ0) is 15.3. The second kappa shape index (κ2) is 7.44. The van der Waals surface area contributed by atoms with Crippen molar-refractivity contribution in [3.8, 4) is 0 Å². The molecule has 2 N–H and O–H groups in total. The first-order valence-electron chi connectivity index (χ1n) is 6.76. The normalized spacial score (nSPS) is 15.8. The maximum Gasteiger partial charge on any atom is 0.240 e. The molecule has 1 aromatic rings. The van der Waals surface area contributed by atoms with Gasteiger partial charge in [-0.15, -0.1) is 0 Å². The van der Waals surface area contributed by atoms with Crippen LogP contribution in [0.25, 0.3) is 0 Å². The molecule has 0 radical (unpaired) electrons. The fraction of sp³-hybridized carbons (Fsp3) is 0.462. The standard InChI is InChI=1S/C13H19N3O2S3/c1-2-14-21(17,18)12-5-3-11(4-6-12)15-13(19)16-7-9-20-10-8-16/h3-6,14H,2,7-10H2,1H3,(H,15,19). The van der Waals surface area contributed by atoms with E-state index in [1.54, 1.807) is 31.2 Å². The number of sulfonamides is 1. The molecule has 0 unspecified atom stereocenters. The van der Waals surface area contributed by atoms with Crippen LogP contribution in [0.5, 0.6) is 0 Å². The molecule has 2 rings (SSSR count). The lowest BCUT2D eigenvalue weighted by Gasteiger charge is -2.29. The molecule has 5 nitrogen and oxygen atoms in total. The van der Waals surface area contributed by atoms with E-state index in [9.17, 15) is 8.42 Å². The topological polar surface area (TPSA) is 61.4 Å². The third kappa shape index (κ3) is 4.57. The summed E-state index contributed by atoms with van der Waals surface area (Å²) in [6, 6.07) is 6.62. The molecule has 0 saturated carbocycles. The van der Waals surface area contributed by atoms with Crippen molar-refractivity contribution >= 4 is 44.8 Å². The molecule has 8 heteroatoms. The van der Waals surface area contributed by atoms with Crippen LogP contribution in [0.4, 0.5) is 5.69 Å². The average Bonchev–Trinajstić information content (AvgIpc) is 2.48. The van der Waals surface area contributed by atoms with Crippen LogP contribution in [0, 0.1) is 0 Å². The van der Waals surface area contributed by atoms with E-state index in [2.05, 4.69) is 14.9 Å². The zero-order valence-electron chi connectivity index (χ0n) is 11.8. The van der Waals surface area contributed by atoms with Gasteiger partial charge in [0.25, 0.3) is 0 Å². The number of anilines is 1. The molecule has 0 bridgehead atoms. The molecule has 1 aromatic carbocycles. The van der Waals surface area contributed by atoms with Crippen molar-refractivity contribution in [1.29, 1.82) is 0 Å². The Balaban J connectivity index is 2.00. The third-order valence-electron chi connectivity index (χ3n) is 3.05. The summed E-state index contributed by atoms with van der Waals surface area (Å²) in [6.45, 7) is 4.02. The number of benzene rings is 1. The van der Waals surface area contributed by atoms with Crippen LogP contribution in [-0.4, -0.2) is 49.6 Å². The Morgan fingerprint density at radius 3 is 2.48 bits per heavy atom.